The quantitative estimate of drug-likeness (QED) is 0.875. The molecule has 0 spiro atoms. The van der Waals surface area contributed by atoms with E-state index >= 15 is 0 Å². The summed E-state index contributed by atoms with van der Waals surface area (Å²) in [6, 6.07) is 8.18. The number of nitrogens with one attached hydrogen (secondary N) is 1. The Morgan fingerprint density at radius 3 is 2.53 bits per heavy atom. The van der Waals surface area contributed by atoms with Crippen LogP contribution < -0.4 is 5.32 Å². The van der Waals surface area contributed by atoms with Gasteiger partial charge in [-0.1, -0.05) is 6.07 Å². The van der Waals surface area contributed by atoms with Crippen molar-refractivity contribution in [2.75, 3.05) is 5.32 Å². The van der Waals surface area contributed by atoms with Gasteiger partial charge in [-0.05, 0) is 68.1 Å². The van der Waals surface area contributed by atoms with Gasteiger partial charge in [-0.25, -0.2) is 0 Å². The molecule has 0 atom stereocenters. The molecule has 2 nitrogen and oxygen atoms in total. The molecule has 2 aromatic rings. The summed E-state index contributed by atoms with van der Waals surface area (Å²) in [7, 11) is 0. The second-order valence-corrected chi connectivity index (χ2v) is 5.53. The van der Waals surface area contributed by atoms with Crippen LogP contribution in [0.2, 0.25) is 0 Å². The molecule has 0 amide bonds. The van der Waals surface area contributed by atoms with E-state index in [1.54, 1.807) is 6.20 Å². The van der Waals surface area contributed by atoms with E-state index < -0.39 is 0 Å². The number of hydrogen-bond donors (Lipinski definition) is 1. The summed E-state index contributed by atoms with van der Waals surface area (Å²) < 4.78 is 2.13. The fourth-order valence-corrected chi connectivity index (χ4v) is 3.26. The molecule has 0 unspecified atom stereocenters. The van der Waals surface area contributed by atoms with E-state index in [1.165, 1.54) is 5.56 Å². The van der Waals surface area contributed by atoms with Gasteiger partial charge in [-0.3, -0.25) is 4.98 Å². The summed E-state index contributed by atoms with van der Waals surface area (Å²) in [5.41, 5.74) is 3.45. The Morgan fingerprint density at radius 2 is 1.94 bits per heavy atom. The highest BCUT2D eigenvalue weighted by molar-refractivity contribution is 9.11. The van der Waals surface area contributed by atoms with E-state index in [2.05, 4.69) is 67.3 Å². The molecule has 0 aliphatic heterocycles. The van der Waals surface area contributed by atoms with Crippen molar-refractivity contribution in [3.63, 3.8) is 0 Å². The number of hydrogen-bond acceptors (Lipinski definition) is 2. The summed E-state index contributed by atoms with van der Waals surface area (Å²) in [5, 5.41) is 3.39. The minimum Gasteiger partial charge on any atom is -0.379 e. The van der Waals surface area contributed by atoms with E-state index in [9.17, 15) is 0 Å². The van der Waals surface area contributed by atoms with Crippen molar-refractivity contribution in [3.8, 4) is 0 Å². The maximum absolute atomic E-state index is 4.09. The van der Waals surface area contributed by atoms with Crippen LogP contribution in [-0.2, 0) is 6.54 Å². The average Bonchev–Trinajstić information content (AvgIpc) is 2.29. The van der Waals surface area contributed by atoms with Crippen LogP contribution in [0.4, 0.5) is 5.69 Å². The van der Waals surface area contributed by atoms with Gasteiger partial charge in [-0.15, -0.1) is 0 Å². The minimum atomic E-state index is 0.758. The first-order valence-corrected chi connectivity index (χ1v) is 6.84. The number of rotatable bonds is 3. The predicted molar refractivity (Wildman–Crippen MR) is 78.1 cm³/mol. The van der Waals surface area contributed by atoms with Gasteiger partial charge in [0.15, 0.2) is 0 Å². The summed E-state index contributed by atoms with van der Waals surface area (Å²) in [6.45, 7) is 2.83. The van der Waals surface area contributed by atoms with Crippen molar-refractivity contribution < 1.29 is 0 Å². The molecule has 0 saturated carbocycles. The fraction of sp³-hybridized carbons (Fsp3) is 0.154. The van der Waals surface area contributed by atoms with Crippen LogP contribution in [0.3, 0.4) is 0 Å². The van der Waals surface area contributed by atoms with Crippen molar-refractivity contribution in [3.05, 3.63) is 56.7 Å². The molecule has 1 aromatic heterocycles. The van der Waals surface area contributed by atoms with Crippen LogP contribution in [-0.4, -0.2) is 4.98 Å². The number of aryl methyl sites for hydroxylation is 1. The molecule has 4 heteroatoms. The molecular formula is C13H12Br2N2. The predicted octanol–water partition coefficient (Wildman–Crippen LogP) is 4.53. The molecule has 88 valence electrons. The number of halogens is 2. The third kappa shape index (κ3) is 3.30. The van der Waals surface area contributed by atoms with Crippen molar-refractivity contribution in [1.29, 1.82) is 0 Å². The lowest BCUT2D eigenvalue weighted by molar-refractivity contribution is 1.11. The minimum absolute atomic E-state index is 0.758. The van der Waals surface area contributed by atoms with Gasteiger partial charge in [0, 0.05) is 27.9 Å². The highest BCUT2D eigenvalue weighted by Crippen LogP contribution is 2.32. The number of pyridine rings is 1. The van der Waals surface area contributed by atoms with Gasteiger partial charge in [0.25, 0.3) is 0 Å². The third-order valence-electron chi connectivity index (χ3n) is 2.38. The van der Waals surface area contributed by atoms with Crippen LogP contribution in [0.25, 0.3) is 0 Å². The standard InChI is InChI=1S/C13H12Br2N2/c1-9-5-11(14)13(12(15)6-9)17-8-10-3-2-4-16-7-10/h2-7,17H,8H2,1H3. The summed E-state index contributed by atoms with van der Waals surface area (Å²) in [5.74, 6) is 0. The van der Waals surface area contributed by atoms with Crippen molar-refractivity contribution in [1.82, 2.24) is 4.98 Å². The topological polar surface area (TPSA) is 24.9 Å². The third-order valence-corrected chi connectivity index (χ3v) is 3.63. The van der Waals surface area contributed by atoms with Crippen LogP contribution in [0.5, 0.6) is 0 Å². The zero-order chi connectivity index (χ0) is 12.3. The van der Waals surface area contributed by atoms with E-state index in [1.807, 2.05) is 12.3 Å². The molecule has 17 heavy (non-hydrogen) atoms. The number of anilines is 1. The lowest BCUT2D eigenvalue weighted by atomic mass is 10.2. The molecule has 0 aliphatic rings. The highest BCUT2D eigenvalue weighted by atomic mass is 79.9. The largest absolute Gasteiger partial charge is 0.379 e. The number of aromatic nitrogens is 1. The van der Waals surface area contributed by atoms with Crippen molar-refractivity contribution in [2.24, 2.45) is 0 Å². The average molecular weight is 356 g/mol. The van der Waals surface area contributed by atoms with E-state index in [0.717, 1.165) is 26.7 Å². The molecule has 1 aromatic carbocycles. The second-order valence-electron chi connectivity index (χ2n) is 3.82. The zero-order valence-electron chi connectivity index (χ0n) is 9.37. The van der Waals surface area contributed by atoms with Crippen molar-refractivity contribution in [2.45, 2.75) is 13.5 Å². The monoisotopic (exact) mass is 354 g/mol. The molecular weight excluding hydrogens is 344 g/mol. The first kappa shape index (κ1) is 12.6. The normalized spacial score (nSPS) is 10.3. The Hall–Kier alpha value is -0.870. The Labute approximate surface area is 118 Å². The van der Waals surface area contributed by atoms with Gasteiger partial charge in [0.1, 0.15) is 0 Å². The smallest absolute Gasteiger partial charge is 0.0631 e. The Balaban J connectivity index is 2.15. The van der Waals surface area contributed by atoms with Crippen LogP contribution in [0.1, 0.15) is 11.1 Å². The first-order chi connectivity index (χ1) is 8.16. The van der Waals surface area contributed by atoms with Crippen LogP contribution in [0, 0.1) is 6.92 Å². The number of benzene rings is 1. The maximum Gasteiger partial charge on any atom is 0.0631 e. The second kappa shape index (κ2) is 5.65. The first-order valence-electron chi connectivity index (χ1n) is 5.25. The van der Waals surface area contributed by atoms with E-state index in [4.69, 9.17) is 0 Å². The lowest BCUT2D eigenvalue weighted by Gasteiger charge is -2.11. The summed E-state index contributed by atoms with van der Waals surface area (Å²) in [6.07, 6.45) is 3.64. The summed E-state index contributed by atoms with van der Waals surface area (Å²) in [4.78, 5) is 4.09. The molecule has 0 fully saturated rings. The molecule has 0 saturated heterocycles. The van der Waals surface area contributed by atoms with E-state index in [-0.39, 0.29) is 0 Å². The molecule has 0 bridgehead atoms. The Morgan fingerprint density at radius 1 is 1.24 bits per heavy atom. The Kier molecular flexibility index (Phi) is 4.18. The molecule has 2 rings (SSSR count). The number of nitrogens with zero attached hydrogens (tertiary/aromatic N) is 1. The van der Waals surface area contributed by atoms with Crippen molar-refractivity contribution >= 4 is 37.5 Å². The van der Waals surface area contributed by atoms with Gasteiger partial charge >= 0.3 is 0 Å². The molecule has 0 aliphatic carbocycles. The highest BCUT2D eigenvalue weighted by Gasteiger charge is 2.05. The van der Waals surface area contributed by atoms with E-state index in [0.29, 0.717) is 0 Å². The van der Waals surface area contributed by atoms with Gasteiger partial charge in [0.05, 0.1) is 5.69 Å². The SMILES string of the molecule is Cc1cc(Br)c(NCc2cccnc2)c(Br)c1. The fourth-order valence-electron chi connectivity index (χ4n) is 1.56. The van der Waals surface area contributed by atoms with Crippen LogP contribution in [0.15, 0.2) is 45.6 Å². The molecule has 0 radical (unpaired) electrons. The van der Waals surface area contributed by atoms with Gasteiger partial charge in [-0.2, -0.15) is 0 Å². The Bertz CT molecular complexity index is 489. The maximum atomic E-state index is 4.09. The van der Waals surface area contributed by atoms with Crippen LogP contribution >= 0.6 is 31.9 Å². The van der Waals surface area contributed by atoms with Gasteiger partial charge < -0.3 is 5.32 Å². The van der Waals surface area contributed by atoms with Gasteiger partial charge in [0.2, 0.25) is 0 Å². The molecule has 1 N–H and O–H groups in total. The summed E-state index contributed by atoms with van der Waals surface area (Å²) >= 11 is 7.13. The molecule has 1 heterocycles. The zero-order valence-corrected chi connectivity index (χ0v) is 12.5. The lowest BCUT2D eigenvalue weighted by Crippen LogP contribution is -2.01.